The number of hydrogen-bond acceptors (Lipinski definition) is 3. The van der Waals surface area contributed by atoms with Gasteiger partial charge in [0, 0.05) is 30.8 Å². The lowest BCUT2D eigenvalue weighted by molar-refractivity contribution is 0.0941. The van der Waals surface area contributed by atoms with Crippen LogP contribution in [0.5, 0.6) is 0 Å². The average Bonchev–Trinajstić information content (AvgIpc) is 3.04. The van der Waals surface area contributed by atoms with Crippen LogP contribution < -0.4 is 10.6 Å². The number of anilines is 1. The van der Waals surface area contributed by atoms with Crippen LogP contribution in [0.15, 0.2) is 54.7 Å². The molecule has 0 bridgehead atoms. The van der Waals surface area contributed by atoms with Gasteiger partial charge in [-0.15, -0.1) is 0 Å². The van der Waals surface area contributed by atoms with E-state index in [0.29, 0.717) is 23.2 Å². The number of benzene rings is 2. The third-order valence-electron chi connectivity index (χ3n) is 4.68. The molecule has 0 fully saturated rings. The fourth-order valence-electron chi connectivity index (χ4n) is 3.13. The van der Waals surface area contributed by atoms with Crippen LogP contribution in [0.3, 0.4) is 0 Å². The van der Waals surface area contributed by atoms with Gasteiger partial charge >= 0.3 is 0 Å². The van der Waals surface area contributed by atoms with Crippen molar-refractivity contribution in [1.82, 2.24) is 15.1 Å². The topological polar surface area (TPSA) is 76.0 Å². The van der Waals surface area contributed by atoms with Crippen molar-refractivity contribution < 1.29 is 9.59 Å². The number of amides is 2. The molecular formula is C23H26N4O2. The van der Waals surface area contributed by atoms with E-state index in [2.05, 4.69) is 15.7 Å². The van der Waals surface area contributed by atoms with Gasteiger partial charge in [-0.1, -0.05) is 36.4 Å². The van der Waals surface area contributed by atoms with Gasteiger partial charge in [0.25, 0.3) is 11.8 Å². The van der Waals surface area contributed by atoms with E-state index < -0.39 is 0 Å². The molecule has 0 aliphatic rings. The van der Waals surface area contributed by atoms with Gasteiger partial charge in [-0.2, -0.15) is 5.10 Å². The largest absolute Gasteiger partial charge is 0.350 e. The van der Waals surface area contributed by atoms with Gasteiger partial charge in [-0.25, -0.2) is 0 Å². The van der Waals surface area contributed by atoms with Gasteiger partial charge in [-0.05, 0) is 44.0 Å². The van der Waals surface area contributed by atoms with E-state index in [-0.39, 0.29) is 17.9 Å². The van der Waals surface area contributed by atoms with Crippen LogP contribution in [-0.4, -0.2) is 27.6 Å². The standard InChI is InChI=1S/C23H26N4O2/c1-15(2)25-22(28)19-13-18(11-10-16(19)3)26-23(29)20-14-24-27(4)21(20)12-17-8-6-5-7-9-17/h5-11,13-15H,12H2,1-4H3,(H,25,28)(H,26,29). The molecule has 0 unspecified atom stereocenters. The van der Waals surface area contributed by atoms with Gasteiger partial charge in [-0.3, -0.25) is 14.3 Å². The fourth-order valence-corrected chi connectivity index (χ4v) is 3.13. The summed E-state index contributed by atoms with van der Waals surface area (Å²) in [6.45, 7) is 5.70. The summed E-state index contributed by atoms with van der Waals surface area (Å²) in [4.78, 5) is 25.3. The Balaban J connectivity index is 1.82. The number of carbonyl (C=O) groups is 2. The maximum absolute atomic E-state index is 12.9. The molecule has 0 aliphatic heterocycles. The van der Waals surface area contributed by atoms with Crippen molar-refractivity contribution in [3.63, 3.8) is 0 Å². The molecule has 0 atom stereocenters. The average molecular weight is 390 g/mol. The van der Waals surface area contributed by atoms with E-state index in [4.69, 9.17) is 0 Å². The number of carbonyl (C=O) groups excluding carboxylic acids is 2. The molecule has 0 saturated heterocycles. The Morgan fingerprint density at radius 2 is 1.76 bits per heavy atom. The van der Waals surface area contributed by atoms with Crippen molar-refractivity contribution in [2.45, 2.75) is 33.2 Å². The SMILES string of the molecule is Cc1ccc(NC(=O)c2cnn(C)c2Cc2ccccc2)cc1C(=O)NC(C)C. The highest BCUT2D eigenvalue weighted by Crippen LogP contribution is 2.19. The molecule has 3 aromatic rings. The minimum Gasteiger partial charge on any atom is -0.350 e. The Kier molecular flexibility index (Phi) is 6.12. The first-order chi connectivity index (χ1) is 13.8. The molecule has 0 aliphatic carbocycles. The minimum atomic E-state index is -0.247. The smallest absolute Gasteiger partial charge is 0.259 e. The molecule has 0 spiro atoms. The molecule has 6 nitrogen and oxygen atoms in total. The van der Waals surface area contributed by atoms with Crippen LogP contribution in [0, 0.1) is 6.92 Å². The summed E-state index contributed by atoms with van der Waals surface area (Å²) in [5.41, 5.74) is 4.43. The zero-order chi connectivity index (χ0) is 21.0. The Morgan fingerprint density at radius 3 is 2.45 bits per heavy atom. The number of nitrogens with zero attached hydrogens (tertiary/aromatic N) is 2. The Morgan fingerprint density at radius 1 is 1.03 bits per heavy atom. The van der Waals surface area contributed by atoms with Crippen molar-refractivity contribution in [2.75, 3.05) is 5.32 Å². The maximum Gasteiger partial charge on any atom is 0.259 e. The molecule has 0 radical (unpaired) electrons. The predicted octanol–water partition coefficient (Wildman–Crippen LogP) is 3.71. The van der Waals surface area contributed by atoms with E-state index in [1.165, 1.54) is 0 Å². The van der Waals surface area contributed by atoms with E-state index in [1.807, 2.05) is 64.2 Å². The summed E-state index contributed by atoms with van der Waals surface area (Å²) in [6, 6.07) is 15.3. The van der Waals surface area contributed by atoms with Crippen molar-refractivity contribution in [3.8, 4) is 0 Å². The quantitative estimate of drug-likeness (QED) is 0.674. The molecule has 3 rings (SSSR count). The summed E-state index contributed by atoms with van der Waals surface area (Å²) in [6.07, 6.45) is 2.18. The molecular weight excluding hydrogens is 364 g/mol. The lowest BCUT2D eigenvalue weighted by Gasteiger charge is -2.13. The lowest BCUT2D eigenvalue weighted by atomic mass is 10.1. The first kappa shape index (κ1) is 20.3. The number of aryl methyl sites for hydroxylation is 2. The molecule has 2 amide bonds. The number of hydrogen-bond donors (Lipinski definition) is 2. The second-order valence-electron chi connectivity index (χ2n) is 7.40. The monoisotopic (exact) mass is 390 g/mol. The van der Waals surface area contributed by atoms with Crippen LogP contribution in [0.4, 0.5) is 5.69 Å². The molecule has 1 aromatic heterocycles. The van der Waals surface area contributed by atoms with Crippen molar-refractivity contribution in [2.24, 2.45) is 7.05 Å². The Labute approximate surface area is 170 Å². The molecule has 2 N–H and O–H groups in total. The zero-order valence-corrected chi connectivity index (χ0v) is 17.2. The van der Waals surface area contributed by atoms with E-state index in [9.17, 15) is 9.59 Å². The summed E-state index contributed by atoms with van der Waals surface area (Å²) in [5, 5.41) is 10.0. The maximum atomic E-state index is 12.9. The van der Waals surface area contributed by atoms with Crippen LogP contribution in [0.25, 0.3) is 0 Å². The summed E-state index contributed by atoms with van der Waals surface area (Å²) in [7, 11) is 1.83. The van der Waals surface area contributed by atoms with Crippen molar-refractivity contribution >= 4 is 17.5 Å². The van der Waals surface area contributed by atoms with Crippen LogP contribution in [-0.2, 0) is 13.5 Å². The first-order valence-corrected chi connectivity index (χ1v) is 9.63. The van der Waals surface area contributed by atoms with Crippen LogP contribution >= 0.6 is 0 Å². The molecule has 150 valence electrons. The third-order valence-corrected chi connectivity index (χ3v) is 4.68. The molecule has 2 aromatic carbocycles. The van der Waals surface area contributed by atoms with Crippen LogP contribution in [0.1, 0.15) is 51.4 Å². The molecule has 6 heteroatoms. The second kappa shape index (κ2) is 8.73. The number of aromatic nitrogens is 2. The minimum absolute atomic E-state index is 0.0380. The van der Waals surface area contributed by atoms with E-state index in [1.54, 1.807) is 23.0 Å². The van der Waals surface area contributed by atoms with Gasteiger partial charge in [0.15, 0.2) is 0 Å². The molecule has 1 heterocycles. The highest BCUT2D eigenvalue weighted by Gasteiger charge is 2.18. The van der Waals surface area contributed by atoms with Gasteiger partial charge < -0.3 is 10.6 Å². The molecule has 29 heavy (non-hydrogen) atoms. The predicted molar refractivity (Wildman–Crippen MR) is 114 cm³/mol. The highest BCUT2D eigenvalue weighted by molar-refractivity contribution is 6.06. The van der Waals surface area contributed by atoms with E-state index in [0.717, 1.165) is 16.8 Å². The molecule has 0 saturated carbocycles. The second-order valence-corrected chi connectivity index (χ2v) is 7.40. The fraction of sp³-hybridized carbons (Fsp3) is 0.261. The summed E-state index contributed by atoms with van der Waals surface area (Å²) < 4.78 is 1.72. The lowest BCUT2D eigenvalue weighted by Crippen LogP contribution is -2.30. The van der Waals surface area contributed by atoms with Crippen molar-refractivity contribution in [1.29, 1.82) is 0 Å². The van der Waals surface area contributed by atoms with Crippen LogP contribution in [0.2, 0.25) is 0 Å². The van der Waals surface area contributed by atoms with Gasteiger partial charge in [0.05, 0.1) is 17.5 Å². The number of nitrogens with one attached hydrogen (secondary N) is 2. The summed E-state index contributed by atoms with van der Waals surface area (Å²) >= 11 is 0. The Hall–Kier alpha value is -3.41. The van der Waals surface area contributed by atoms with Gasteiger partial charge in [0.2, 0.25) is 0 Å². The highest BCUT2D eigenvalue weighted by atomic mass is 16.2. The first-order valence-electron chi connectivity index (χ1n) is 9.63. The van der Waals surface area contributed by atoms with Gasteiger partial charge in [0.1, 0.15) is 0 Å². The normalized spacial score (nSPS) is 10.8. The number of rotatable bonds is 6. The zero-order valence-electron chi connectivity index (χ0n) is 17.2. The Bertz CT molecular complexity index is 1020. The van der Waals surface area contributed by atoms with Crippen molar-refractivity contribution in [3.05, 3.63) is 82.7 Å². The van der Waals surface area contributed by atoms with E-state index >= 15 is 0 Å². The third kappa shape index (κ3) is 4.90. The summed E-state index contributed by atoms with van der Waals surface area (Å²) in [5.74, 6) is -0.400.